The van der Waals surface area contributed by atoms with Crippen molar-refractivity contribution in [2.75, 3.05) is 26.7 Å². The van der Waals surface area contributed by atoms with Gasteiger partial charge in [-0.25, -0.2) is 4.72 Å². The first-order chi connectivity index (χ1) is 9.10. The van der Waals surface area contributed by atoms with Crippen molar-refractivity contribution in [3.63, 3.8) is 0 Å². The van der Waals surface area contributed by atoms with Gasteiger partial charge in [-0.1, -0.05) is 37.3 Å². The van der Waals surface area contributed by atoms with E-state index in [1.54, 1.807) is 0 Å². The maximum atomic E-state index is 12.1. The van der Waals surface area contributed by atoms with Crippen LogP contribution in [0.4, 0.5) is 0 Å². The van der Waals surface area contributed by atoms with E-state index in [1.807, 2.05) is 44.3 Å². The van der Waals surface area contributed by atoms with Crippen LogP contribution in [0.15, 0.2) is 30.3 Å². The monoisotopic (exact) mass is 321 g/mol. The second-order valence-corrected chi connectivity index (χ2v) is 6.02. The molecular weight excluding hydrogens is 298 g/mol. The Kier molecular flexibility index (Phi) is 9.79. The van der Waals surface area contributed by atoms with E-state index in [4.69, 9.17) is 0 Å². The molecule has 0 saturated heterocycles. The molecule has 20 heavy (non-hydrogen) atoms. The zero-order chi connectivity index (χ0) is 14.1. The average molecular weight is 322 g/mol. The lowest BCUT2D eigenvalue weighted by atomic mass is 10.2. The highest BCUT2D eigenvalue weighted by Gasteiger charge is 2.19. The highest BCUT2D eigenvalue weighted by atomic mass is 35.5. The van der Waals surface area contributed by atoms with Gasteiger partial charge in [-0.2, -0.15) is 12.7 Å². The minimum Gasteiger partial charge on any atom is -0.320 e. The molecule has 0 bridgehead atoms. The van der Waals surface area contributed by atoms with Crippen molar-refractivity contribution in [1.82, 2.24) is 14.3 Å². The summed E-state index contributed by atoms with van der Waals surface area (Å²) in [7, 11) is -1.55. The van der Waals surface area contributed by atoms with Gasteiger partial charge in [0.1, 0.15) is 0 Å². The molecular formula is C13H24ClN3O2S. The van der Waals surface area contributed by atoms with E-state index in [1.165, 1.54) is 4.31 Å². The molecule has 0 aliphatic carbocycles. The van der Waals surface area contributed by atoms with Crippen molar-refractivity contribution in [2.24, 2.45) is 0 Å². The first-order valence-corrected chi connectivity index (χ1v) is 7.97. The number of halogens is 1. The lowest BCUT2D eigenvalue weighted by molar-refractivity contribution is 0.414. The van der Waals surface area contributed by atoms with Crippen LogP contribution in [-0.2, 0) is 16.8 Å². The number of benzene rings is 1. The summed E-state index contributed by atoms with van der Waals surface area (Å²) in [5.74, 6) is 0. The molecule has 0 aliphatic rings. The Labute approximate surface area is 128 Å². The smallest absolute Gasteiger partial charge is 0.279 e. The van der Waals surface area contributed by atoms with Gasteiger partial charge < -0.3 is 5.32 Å². The summed E-state index contributed by atoms with van der Waals surface area (Å²) >= 11 is 0. The van der Waals surface area contributed by atoms with Crippen LogP contribution in [0.3, 0.4) is 0 Å². The molecule has 0 aliphatic heterocycles. The summed E-state index contributed by atoms with van der Waals surface area (Å²) in [5, 5.41) is 2.99. The molecule has 2 N–H and O–H groups in total. The zero-order valence-electron chi connectivity index (χ0n) is 12.0. The van der Waals surface area contributed by atoms with Crippen LogP contribution >= 0.6 is 12.4 Å². The van der Waals surface area contributed by atoms with Crippen LogP contribution < -0.4 is 10.0 Å². The summed E-state index contributed by atoms with van der Waals surface area (Å²) in [6.45, 7) is 3.95. The first-order valence-electron chi connectivity index (χ1n) is 6.53. The molecule has 1 aromatic carbocycles. The molecule has 5 nitrogen and oxygen atoms in total. The second kappa shape index (κ2) is 10.1. The van der Waals surface area contributed by atoms with Gasteiger partial charge in [-0.3, -0.25) is 0 Å². The van der Waals surface area contributed by atoms with Gasteiger partial charge in [0.2, 0.25) is 0 Å². The Hall–Kier alpha value is -0.660. The molecule has 1 rings (SSSR count). The Morgan fingerprint density at radius 2 is 1.80 bits per heavy atom. The molecule has 0 atom stereocenters. The molecule has 0 spiro atoms. The lowest BCUT2D eigenvalue weighted by Crippen LogP contribution is -2.41. The van der Waals surface area contributed by atoms with E-state index in [-0.39, 0.29) is 12.4 Å². The van der Waals surface area contributed by atoms with Gasteiger partial charge >= 0.3 is 0 Å². The third-order valence-corrected chi connectivity index (χ3v) is 4.42. The van der Waals surface area contributed by atoms with Crippen LogP contribution in [0, 0.1) is 0 Å². The Bertz CT molecular complexity index is 454. The summed E-state index contributed by atoms with van der Waals surface area (Å²) in [6.07, 6.45) is 0.776. The lowest BCUT2D eigenvalue weighted by Gasteiger charge is -2.20. The largest absolute Gasteiger partial charge is 0.320 e. The Morgan fingerprint density at radius 1 is 1.15 bits per heavy atom. The summed E-state index contributed by atoms with van der Waals surface area (Å²) in [4.78, 5) is 0. The van der Waals surface area contributed by atoms with Gasteiger partial charge in [0, 0.05) is 19.6 Å². The van der Waals surface area contributed by atoms with Gasteiger partial charge in [-0.05, 0) is 25.6 Å². The molecule has 0 saturated carbocycles. The maximum Gasteiger partial charge on any atom is 0.279 e. The molecule has 0 aromatic heterocycles. The van der Waals surface area contributed by atoms with Gasteiger partial charge in [0.25, 0.3) is 10.2 Å². The van der Waals surface area contributed by atoms with E-state index < -0.39 is 10.2 Å². The minimum absolute atomic E-state index is 0. The Morgan fingerprint density at radius 3 is 2.35 bits per heavy atom. The average Bonchev–Trinajstić information content (AvgIpc) is 2.42. The number of hydrogen-bond donors (Lipinski definition) is 2. The molecule has 0 amide bonds. The first kappa shape index (κ1) is 19.3. The molecule has 116 valence electrons. The fraction of sp³-hybridized carbons (Fsp3) is 0.538. The summed E-state index contributed by atoms with van der Waals surface area (Å²) in [5.41, 5.74) is 0.991. The Balaban J connectivity index is 0.00000361. The minimum atomic E-state index is -3.40. The summed E-state index contributed by atoms with van der Waals surface area (Å²) in [6, 6.07) is 9.61. The van der Waals surface area contributed by atoms with Crippen LogP contribution in [0.5, 0.6) is 0 Å². The SMILES string of the molecule is CCN(Cc1ccccc1)S(=O)(=O)NCCCNC.Cl. The molecule has 1 aromatic rings. The number of nitrogens with one attached hydrogen (secondary N) is 2. The van der Waals surface area contributed by atoms with Crippen LogP contribution in [0.25, 0.3) is 0 Å². The standard InChI is InChI=1S/C13H23N3O2S.ClH/c1-3-16(12-13-8-5-4-6-9-13)19(17,18)15-11-7-10-14-2;/h4-6,8-9,14-15H,3,7,10-12H2,1-2H3;1H. The van der Waals surface area contributed by atoms with E-state index in [9.17, 15) is 8.42 Å². The van der Waals surface area contributed by atoms with Crippen LogP contribution in [0.1, 0.15) is 18.9 Å². The fourth-order valence-electron chi connectivity index (χ4n) is 1.71. The van der Waals surface area contributed by atoms with Crippen molar-refractivity contribution >= 4 is 22.6 Å². The van der Waals surface area contributed by atoms with Gasteiger partial charge in [0.05, 0.1) is 0 Å². The molecule has 0 radical (unpaired) electrons. The third-order valence-electron chi connectivity index (χ3n) is 2.78. The van der Waals surface area contributed by atoms with Crippen LogP contribution in [-0.4, -0.2) is 39.4 Å². The third kappa shape index (κ3) is 6.67. The zero-order valence-corrected chi connectivity index (χ0v) is 13.6. The van der Waals surface area contributed by atoms with E-state index >= 15 is 0 Å². The predicted molar refractivity (Wildman–Crippen MR) is 85.2 cm³/mol. The topological polar surface area (TPSA) is 61.4 Å². The number of rotatable bonds is 9. The van der Waals surface area contributed by atoms with Crippen molar-refractivity contribution in [3.8, 4) is 0 Å². The van der Waals surface area contributed by atoms with Crippen molar-refractivity contribution < 1.29 is 8.42 Å². The quantitative estimate of drug-likeness (QED) is 0.675. The number of hydrogen-bond acceptors (Lipinski definition) is 3. The second-order valence-electron chi connectivity index (χ2n) is 4.27. The van der Waals surface area contributed by atoms with Gasteiger partial charge in [-0.15, -0.1) is 12.4 Å². The summed E-state index contributed by atoms with van der Waals surface area (Å²) < 4.78 is 28.3. The van der Waals surface area contributed by atoms with E-state index in [0.717, 1.165) is 18.5 Å². The predicted octanol–water partition coefficient (Wildman–Crippen LogP) is 1.37. The maximum absolute atomic E-state index is 12.1. The van der Waals surface area contributed by atoms with Crippen molar-refractivity contribution in [1.29, 1.82) is 0 Å². The number of nitrogens with zero attached hydrogens (tertiary/aromatic N) is 1. The highest BCUT2D eigenvalue weighted by Crippen LogP contribution is 2.07. The van der Waals surface area contributed by atoms with Crippen molar-refractivity contribution in [3.05, 3.63) is 35.9 Å². The van der Waals surface area contributed by atoms with E-state index in [2.05, 4.69) is 10.0 Å². The van der Waals surface area contributed by atoms with E-state index in [0.29, 0.717) is 19.6 Å². The fourth-order valence-corrected chi connectivity index (χ4v) is 2.96. The molecule has 0 unspecified atom stereocenters. The molecule has 7 heteroatoms. The normalized spacial score (nSPS) is 11.3. The van der Waals surface area contributed by atoms with Gasteiger partial charge in [0.15, 0.2) is 0 Å². The molecule has 0 heterocycles. The van der Waals surface area contributed by atoms with Crippen LogP contribution in [0.2, 0.25) is 0 Å². The molecule has 0 fully saturated rings. The van der Waals surface area contributed by atoms with Crippen molar-refractivity contribution in [2.45, 2.75) is 19.9 Å². The highest BCUT2D eigenvalue weighted by molar-refractivity contribution is 7.87.